The summed E-state index contributed by atoms with van der Waals surface area (Å²) in [6, 6.07) is 5.56. The number of carbonyl (C=O) groups excluding carboxylic acids is 1. The van der Waals surface area contributed by atoms with Crippen LogP contribution in [0.4, 0.5) is 4.39 Å². The lowest BCUT2D eigenvalue weighted by Gasteiger charge is -2.46. The Labute approximate surface area is 183 Å². The lowest BCUT2D eigenvalue weighted by atomic mass is 9.76. The quantitative estimate of drug-likeness (QED) is 0.750. The van der Waals surface area contributed by atoms with Crippen molar-refractivity contribution >= 4 is 15.9 Å². The van der Waals surface area contributed by atoms with Gasteiger partial charge >= 0.3 is 0 Å². The van der Waals surface area contributed by atoms with Crippen LogP contribution in [0, 0.1) is 11.7 Å². The van der Waals surface area contributed by atoms with E-state index >= 15 is 0 Å². The second-order valence-corrected chi connectivity index (χ2v) is 10.8. The van der Waals surface area contributed by atoms with Crippen LogP contribution in [-0.2, 0) is 14.8 Å². The Kier molecular flexibility index (Phi) is 6.95. The SMILES string of the molecule is O=C(CN1CCCN(S(=O)(=O)c2ccccc2F)CC1)N1CCC(O)C2CCCCC21. The molecule has 1 saturated carbocycles. The van der Waals surface area contributed by atoms with E-state index in [2.05, 4.69) is 0 Å². The van der Waals surface area contributed by atoms with Gasteiger partial charge in [0.25, 0.3) is 0 Å². The van der Waals surface area contributed by atoms with E-state index in [4.69, 9.17) is 0 Å². The first-order valence-corrected chi connectivity index (χ1v) is 12.8. The molecule has 31 heavy (non-hydrogen) atoms. The van der Waals surface area contributed by atoms with Gasteiger partial charge in [-0.05, 0) is 44.4 Å². The maximum Gasteiger partial charge on any atom is 0.246 e. The molecule has 1 aromatic carbocycles. The predicted molar refractivity (Wildman–Crippen MR) is 114 cm³/mol. The van der Waals surface area contributed by atoms with Crippen LogP contribution in [-0.4, -0.2) is 85.0 Å². The molecule has 2 aliphatic heterocycles. The molecule has 9 heteroatoms. The Morgan fingerprint density at radius 1 is 1.00 bits per heavy atom. The summed E-state index contributed by atoms with van der Waals surface area (Å²) in [5.74, 6) is -0.501. The van der Waals surface area contributed by atoms with E-state index < -0.39 is 15.8 Å². The molecule has 1 amide bonds. The van der Waals surface area contributed by atoms with Crippen LogP contribution in [0.2, 0.25) is 0 Å². The van der Waals surface area contributed by atoms with Gasteiger partial charge in [-0.25, -0.2) is 12.8 Å². The number of hydrogen-bond donors (Lipinski definition) is 1. The second kappa shape index (κ2) is 9.52. The summed E-state index contributed by atoms with van der Waals surface area (Å²) in [6.07, 6.45) is 5.02. The normalized spacial score (nSPS) is 28.7. The van der Waals surface area contributed by atoms with Gasteiger partial charge in [-0.15, -0.1) is 0 Å². The molecule has 3 atom stereocenters. The first kappa shape index (κ1) is 22.6. The van der Waals surface area contributed by atoms with E-state index in [1.54, 1.807) is 0 Å². The molecule has 3 unspecified atom stereocenters. The number of halogens is 1. The van der Waals surface area contributed by atoms with Crippen LogP contribution < -0.4 is 0 Å². The van der Waals surface area contributed by atoms with E-state index in [9.17, 15) is 22.7 Å². The zero-order valence-electron chi connectivity index (χ0n) is 17.8. The van der Waals surface area contributed by atoms with Crippen molar-refractivity contribution in [2.45, 2.75) is 55.6 Å². The number of likely N-dealkylation sites (tertiary alicyclic amines) is 1. The molecule has 0 radical (unpaired) electrons. The zero-order valence-corrected chi connectivity index (χ0v) is 18.6. The van der Waals surface area contributed by atoms with E-state index in [0.717, 1.165) is 31.7 Å². The fourth-order valence-corrected chi connectivity index (χ4v) is 6.89. The molecule has 2 saturated heterocycles. The van der Waals surface area contributed by atoms with Crippen molar-refractivity contribution in [3.05, 3.63) is 30.1 Å². The van der Waals surface area contributed by atoms with Crippen molar-refractivity contribution in [2.24, 2.45) is 5.92 Å². The minimum Gasteiger partial charge on any atom is -0.393 e. The van der Waals surface area contributed by atoms with Crippen molar-refractivity contribution in [2.75, 3.05) is 39.3 Å². The summed E-state index contributed by atoms with van der Waals surface area (Å²) in [5.41, 5.74) is 0. The largest absolute Gasteiger partial charge is 0.393 e. The highest BCUT2D eigenvalue weighted by atomic mass is 32.2. The van der Waals surface area contributed by atoms with Crippen LogP contribution in [0.15, 0.2) is 29.2 Å². The van der Waals surface area contributed by atoms with Crippen LogP contribution in [0.3, 0.4) is 0 Å². The Balaban J connectivity index is 1.38. The topological polar surface area (TPSA) is 81.2 Å². The number of carbonyl (C=O) groups is 1. The third-order valence-corrected chi connectivity index (χ3v) is 8.95. The molecular formula is C22H32FN3O4S. The molecule has 3 aliphatic rings. The van der Waals surface area contributed by atoms with Gasteiger partial charge in [-0.2, -0.15) is 4.31 Å². The van der Waals surface area contributed by atoms with Crippen LogP contribution >= 0.6 is 0 Å². The summed E-state index contributed by atoms with van der Waals surface area (Å²) >= 11 is 0. The van der Waals surface area contributed by atoms with Crippen LogP contribution in [0.1, 0.15) is 38.5 Å². The van der Waals surface area contributed by atoms with Gasteiger partial charge in [0.05, 0.1) is 12.6 Å². The number of fused-ring (bicyclic) bond motifs is 1. The summed E-state index contributed by atoms with van der Waals surface area (Å²) in [6.45, 7) is 2.44. The molecular weight excluding hydrogens is 421 g/mol. The Morgan fingerprint density at radius 2 is 1.77 bits per heavy atom. The molecule has 0 aromatic heterocycles. The number of hydrogen-bond acceptors (Lipinski definition) is 5. The number of piperidine rings is 1. The van der Waals surface area contributed by atoms with Crippen molar-refractivity contribution in [3.8, 4) is 0 Å². The Hall–Kier alpha value is -1.55. The molecule has 4 rings (SSSR count). The highest BCUT2D eigenvalue weighted by Gasteiger charge is 2.40. The van der Waals surface area contributed by atoms with Gasteiger partial charge in [0.15, 0.2) is 0 Å². The third-order valence-electron chi connectivity index (χ3n) is 7.02. The summed E-state index contributed by atoms with van der Waals surface area (Å²) in [5, 5.41) is 10.3. The molecule has 1 N–H and O–H groups in total. The lowest BCUT2D eigenvalue weighted by molar-refractivity contribution is -0.142. The van der Waals surface area contributed by atoms with Gasteiger partial charge in [0.2, 0.25) is 15.9 Å². The van der Waals surface area contributed by atoms with Gasteiger partial charge in [-0.1, -0.05) is 25.0 Å². The summed E-state index contributed by atoms with van der Waals surface area (Å²) in [7, 11) is -3.90. The van der Waals surface area contributed by atoms with E-state index in [1.807, 2.05) is 9.80 Å². The predicted octanol–water partition coefficient (Wildman–Crippen LogP) is 1.67. The Bertz CT molecular complexity index is 896. The molecule has 1 aromatic rings. The number of nitrogens with zero attached hydrogens (tertiary/aromatic N) is 3. The van der Waals surface area contributed by atoms with Crippen LogP contribution in [0.5, 0.6) is 0 Å². The van der Waals surface area contributed by atoms with Crippen molar-refractivity contribution < 1.29 is 22.7 Å². The number of aliphatic hydroxyl groups is 1. The lowest BCUT2D eigenvalue weighted by Crippen LogP contribution is -2.56. The van der Waals surface area contributed by atoms with Crippen molar-refractivity contribution in [1.82, 2.24) is 14.1 Å². The molecule has 7 nitrogen and oxygen atoms in total. The fraction of sp³-hybridized carbons (Fsp3) is 0.682. The highest BCUT2D eigenvalue weighted by molar-refractivity contribution is 7.89. The molecule has 2 heterocycles. The number of amides is 1. The third kappa shape index (κ3) is 4.79. The molecule has 1 aliphatic carbocycles. The number of aliphatic hydroxyl groups excluding tert-OH is 1. The average Bonchev–Trinajstić information content (AvgIpc) is 3.00. The van der Waals surface area contributed by atoms with E-state index in [1.165, 1.54) is 22.5 Å². The zero-order chi connectivity index (χ0) is 22.0. The van der Waals surface area contributed by atoms with Gasteiger partial charge in [0, 0.05) is 38.1 Å². The monoisotopic (exact) mass is 453 g/mol. The van der Waals surface area contributed by atoms with Crippen molar-refractivity contribution in [1.29, 1.82) is 0 Å². The van der Waals surface area contributed by atoms with E-state index in [-0.39, 0.29) is 42.0 Å². The fourth-order valence-electron chi connectivity index (χ4n) is 5.36. The minimum absolute atomic E-state index is 0.0641. The first-order chi connectivity index (χ1) is 14.9. The number of benzene rings is 1. The van der Waals surface area contributed by atoms with Gasteiger partial charge in [-0.3, -0.25) is 9.69 Å². The second-order valence-electron chi connectivity index (χ2n) is 8.92. The maximum absolute atomic E-state index is 14.1. The Morgan fingerprint density at radius 3 is 2.58 bits per heavy atom. The standard InChI is InChI=1S/C22H32FN3O4S/c23-18-7-2-4-9-21(18)31(29,30)25-12-5-11-24(14-15-25)16-22(28)26-13-10-20(27)17-6-1-3-8-19(17)26/h2,4,7,9,17,19-20,27H,1,3,5-6,8,10-16H2. The molecule has 0 spiro atoms. The number of rotatable bonds is 4. The van der Waals surface area contributed by atoms with Crippen LogP contribution in [0.25, 0.3) is 0 Å². The minimum atomic E-state index is -3.90. The highest BCUT2D eigenvalue weighted by Crippen LogP contribution is 2.35. The average molecular weight is 454 g/mol. The summed E-state index contributed by atoms with van der Waals surface area (Å²) in [4.78, 5) is 16.8. The maximum atomic E-state index is 14.1. The van der Waals surface area contributed by atoms with Crippen molar-refractivity contribution in [3.63, 3.8) is 0 Å². The smallest absolute Gasteiger partial charge is 0.246 e. The van der Waals surface area contributed by atoms with Gasteiger partial charge in [0.1, 0.15) is 10.7 Å². The first-order valence-electron chi connectivity index (χ1n) is 11.3. The molecule has 0 bridgehead atoms. The molecule has 3 fully saturated rings. The van der Waals surface area contributed by atoms with Gasteiger partial charge < -0.3 is 10.0 Å². The summed E-state index contributed by atoms with van der Waals surface area (Å²) < 4.78 is 41.2. The molecule has 172 valence electrons. The number of sulfonamides is 1. The van der Waals surface area contributed by atoms with E-state index in [0.29, 0.717) is 39.0 Å².